The Hall–Kier alpha value is -0.760. The second-order valence-corrected chi connectivity index (χ2v) is 9.46. The van der Waals surface area contributed by atoms with Crippen molar-refractivity contribution in [1.29, 1.82) is 0 Å². The zero-order valence-electron chi connectivity index (χ0n) is 13.5. The van der Waals surface area contributed by atoms with E-state index in [-0.39, 0.29) is 18.5 Å². The van der Waals surface area contributed by atoms with Crippen LogP contribution in [0.5, 0.6) is 0 Å². The lowest BCUT2D eigenvalue weighted by Gasteiger charge is -2.31. The second kappa shape index (κ2) is 9.08. The lowest BCUT2D eigenvalue weighted by Crippen LogP contribution is -2.43. The summed E-state index contributed by atoms with van der Waals surface area (Å²) >= 11 is 9.77. The third-order valence-electron chi connectivity index (χ3n) is 3.56. The van der Waals surface area contributed by atoms with Gasteiger partial charge in [0, 0.05) is 9.92 Å². The van der Waals surface area contributed by atoms with E-state index in [0.717, 1.165) is 10.5 Å². The molecule has 0 radical (unpaired) electrons. The van der Waals surface area contributed by atoms with E-state index in [1.54, 1.807) is 11.8 Å². The van der Waals surface area contributed by atoms with Crippen LogP contribution in [0, 0.1) is 5.92 Å². The van der Waals surface area contributed by atoms with E-state index in [4.69, 9.17) is 16.3 Å². The predicted molar refractivity (Wildman–Crippen MR) is 109 cm³/mol. The first-order chi connectivity index (χ1) is 11.4. The van der Waals surface area contributed by atoms with Gasteiger partial charge in [-0.1, -0.05) is 53.7 Å². The van der Waals surface area contributed by atoms with Crippen molar-refractivity contribution in [2.75, 3.05) is 7.05 Å². The van der Waals surface area contributed by atoms with Crippen LogP contribution in [-0.4, -0.2) is 15.9 Å². The zero-order valence-corrected chi connectivity index (χ0v) is 17.2. The number of ether oxygens (including phenoxy) is 1. The highest BCUT2D eigenvalue weighted by Crippen LogP contribution is 2.42. The standard InChI is InChI=1S/C18H19ClINO2S/c1-13(17(22)23-12-14-6-4-3-5-7-14)18(20,21-2)24-16-10-8-15(19)9-11-16/h3-11,13,21H,12H2,1-2H3/t13?,18-/m0/s1. The maximum Gasteiger partial charge on any atom is 0.312 e. The Bertz CT molecular complexity index is 668. The van der Waals surface area contributed by atoms with Gasteiger partial charge in [-0.15, -0.1) is 0 Å². The van der Waals surface area contributed by atoms with Gasteiger partial charge in [0.25, 0.3) is 0 Å². The van der Waals surface area contributed by atoms with Crippen LogP contribution < -0.4 is 5.32 Å². The van der Waals surface area contributed by atoms with Crippen molar-refractivity contribution in [1.82, 2.24) is 5.32 Å². The Morgan fingerprint density at radius 1 is 1.25 bits per heavy atom. The molecule has 1 N–H and O–H groups in total. The van der Waals surface area contributed by atoms with Gasteiger partial charge in [-0.05, 0) is 66.4 Å². The van der Waals surface area contributed by atoms with Gasteiger partial charge < -0.3 is 4.74 Å². The molecule has 128 valence electrons. The third-order valence-corrected chi connectivity index (χ3v) is 7.30. The summed E-state index contributed by atoms with van der Waals surface area (Å²) in [6.45, 7) is 2.16. The van der Waals surface area contributed by atoms with Crippen LogP contribution in [-0.2, 0) is 16.1 Å². The molecule has 0 saturated carbocycles. The fourth-order valence-corrected chi connectivity index (χ4v) is 4.17. The third kappa shape index (κ3) is 5.37. The molecule has 0 bridgehead atoms. The monoisotopic (exact) mass is 475 g/mol. The number of alkyl halides is 1. The second-order valence-electron chi connectivity index (χ2n) is 5.27. The van der Waals surface area contributed by atoms with E-state index in [0.29, 0.717) is 5.02 Å². The molecule has 0 aromatic heterocycles. The van der Waals surface area contributed by atoms with Gasteiger partial charge >= 0.3 is 5.97 Å². The van der Waals surface area contributed by atoms with Crippen LogP contribution >= 0.6 is 46.0 Å². The summed E-state index contributed by atoms with van der Waals surface area (Å²) in [6.07, 6.45) is 0. The molecule has 0 aliphatic heterocycles. The van der Waals surface area contributed by atoms with E-state index < -0.39 is 2.88 Å². The van der Waals surface area contributed by atoms with Gasteiger partial charge in [0.15, 0.2) is 0 Å². The maximum absolute atomic E-state index is 12.5. The molecule has 2 rings (SSSR count). The van der Waals surface area contributed by atoms with Gasteiger partial charge in [-0.3, -0.25) is 10.1 Å². The van der Waals surface area contributed by atoms with Crippen LogP contribution in [0.25, 0.3) is 0 Å². The lowest BCUT2D eigenvalue weighted by atomic mass is 10.2. The molecule has 2 aromatic rings. The first-order valence-electron chi connectivity index (χ1n) is 7.47. The number of esters is 1. The first-order valence-corrected chi connectivity index (χ1v) is 9.75. The Balaban J connectivity index is 2.01. The van der Waals surface area contributed by atoms with Gasteiger partial charge in [0.1, 0.15) is 9.48 Å². The minimum atomic E-state index is -0.515. The number of halogens is 2. The summed E-state index contributed by atoms with van der Waals surface area (Å²) in [6, 6.07) is 17.3. The largest absolute Gasteiger partial charge is 0.461 e. The molecule has 1 unspecified atom stereocenters. The van der Waals surface area contributed by atoms with E-state index in [1.807, 2.05) is 68.6 Å². The van der Waals surface area contributed by atoms with Crippen LogP contribution in [0.3, 0.4) is 0 Å². The molecule has 0 aliphatic carbocycles. The fourth-order valence-electron chi connectivity index (χ4n) is 2.04. The summed E-state index contributed by atoms with van der Waals surface area (Å²) in [5.41, 5.74) is 0.979. The molecular weight excluding hydrogens is 457 g/mol. The summed E-state index contributed by atoms with van der Waals surface area (Å²) in [5.74, 6) is -0.573. The molecule has 0 saturated heterocycles. The zero-order chi connectivity index (χ0) is 17.6. The highest BCUT2D eigenvalue weighted by atomic mass is 127. The number of rotatable bonds is 7. The van der Waals surface area contributed by atoms with Crippen molar-refractivity contribution in [2.24, 2.45) is 5.92 Å². The van der Waals surface area contributed by atoms with Gasteiger partial charge in [0.05, 0.1) is 5.92 Å². The molecule has 2 aromatic carbocycles. The molecular formula is C18H19ClINO2S. The topological polar surface area (TPSA) is 38.3 Å². The number of carbonyl (C=O) groups excluding carboxylic acids is 1. The van der Waals surface area contributed by atoms with Crippen LogP contribution in [0.1, 0.15) is 12.5 Å². The highest BCUT2D eigenvalue weighted by Gasteiger charge is 2.38. The molecule has 2 atom stereocenters. The number of hydrogen-bond donors (Lipinski definition) is 1. The Morgan fingerprint density at radius 2 is 1.88 bits per heavy atom. The quantitative estimate of drug-likeness (QED) is 0.151. The average molecular weight is 476 g/mol. The molecule has 0 heterocycles. The minimum absolute atomic E-state index is 0.232. The Labute approximate surface area is 165 Å². The predicted octanol–water partition coefficient (Wildman–Crippen LogP) is 5.12. The number of benzene rings is 2. The molecule has 24 heavy (non-hydrogen) atoms. The number of carbonyl (C=O) groups is 1. The maximum atomic E-state index is 12.5. The van der Waals surface area contributed by atoms with Crippen molar-refractivity contribution in [3.8, 4) is 0 Å². The Morgan fingerprint density at radius 3 is 2.46 bits per heavy atom. The van der Waals surface area contributed by atoms with Crippen molar-refractivity contribution < 1.29 is 9.53 Å². The van der Waals surface area contributed by atoms with Crippen LogP contribution in [0.4, 0.5) is 0 Å². The normalized spacial score (nSPS) is 14.7. The number of thioether (sulfide) groups is 1. The van der Waals surface area contributed by atoms with Crippen molar-refractivity contribution in [3.05, 3.63) is 65.2 Å². The smallest absolute Gasteiger partial charge is 0.312 e. The molecule has 0 aliphatic rings. The van der Waals surface area contributed by atoms with E-state index in [2.05, 4.69) is 27.9 Å². The molecule has 0 fully saturated rings. The molecule has 6 heteroatoms. The van der Waals surface area contributed by atoms with Crippen molar-refractivity contribution >= 4 is 51.9 Å². The van der Waals surface area contributed by atoms with Crippen LogP contribution in [0.15, 0.2) is 59.5 Å². The fraction of sp³-hybridized carbons (Fsp3) is 0.278. The van der Waals surface area contributed by atoms with E-state index in [9.17, 15) is 4.79 Å². The molecule has 0 spiro atoms. The van der Waals surface area contributed by atoms with Gasteiger partial charge in [-0.2, -0.15) is 0 Å². The summed E-state index contributed by atoms with van der Waals surface area (Å²) < 4.78 is 4.96. The molecule has 3 nitrogen and oxygen atoms in total. The summed E-state index contributed by atoms with van der Waals surface area (Å²) in [5, 5.41) is 3.93. The van der Waals surface area contributed by atoms with E-state index in [1.165, 1.54) is 0 Å². The number of hydrogen-bond acceptors (Lipinski definition) is 4. The van der Waals surface area contributed by atoms with Crippen LogP contribution in [0.2, 0.25) is 5.02 Å². The minimum Gasteiger partial charge on any atom is -0.461 e. The van der Waals surface area contributed by atoms with Crippen molar-refractivity contribution in [2.45, 2.75) is 21.3 Å². The SMILES string of the molecule is CN[C@](I)(Sc1ccc(Cl)cc1)C(C)C(=O)OCc1ccccc1. The first kappa shape index (κ1) is 19.6. The van der Waals surface area contributed by atoms with Crippen molar-refractivity contribution in [3.63, 3.8) is 0 Å². The highest BCUT2D eigenvalue weighted by molar-refractivity contribution is 14.1. The van der Waals surface area contributed by atoms with E-state index >= 15 is 0 Å². The lowest BCUT2D eigenvalue weighted by molar-refractivity contribution is -0.149. The van der Waals surface area contributed by atoms with Gasteiger partial charge in [0.2, 0.25) is 0 Å². The average Bonchev–Trinajstić information content (AvgIpc) is 2.61. The van der Waals surface area contributed by atoms with Gasteiger partial charge in [-0.25, -0.2) is 0 Å². The molecule has 0 amide bonds. The summed E-state index contributed by atoms with van der Waals surface area (Å²) in [4.78, 5) is 13.5. The number of nitrogens with one attached hydrogen (secondary N) is 1. The summed E-state index contributed by atoms with van der Waals surface area (Å²) in [7, 11) is 1.84. The Kier molecular flexibility index (Phi) is 7.40.